The van der Waals surface area contributed by atoms with Crippen LogP contribution in [0.1, 0.15) is 36.9 Å². The highest BCUT2D eigenvalue weighted by atomic mass is 19.1. The number of aryl methyl sites for hydroxylation is 1. The summed E-state index contributed by atoms with van der Waals surface area (Å²) in [6.45, 7) is 3.32. The molecule has 1 aliphatic carbocycles. The van der Waals surface area contributed by atoms with E-state index in [1.807, 2.05) is 6.07 Å². The van der Waals surface area contributed by atoms with Crippen LogP contribution < -0.4 is 5.32 Å². The summed E-state index contributed by atoms with van der Waals surface area (Å²) in [5.74, 6) is -0.116. The lowest BCUT2D eigenvalue weighted by molar-refractivity contribution is 0.349. The number of hydrogen-bond acceptors (Lipinski definition) is 2. The van der Waals surface area contributed by atoms with Crippen molar-refractivity contribution in [1.29, 1.82) is 0 Å². The summed E-state index contributed by atoms with van der Waals surface area (Å²) in [7, 11) is 4.20. The van der Waals surface area contributed by atoms with E-state index >= 15 is 0 Å². The van der Waals surface area contributed by atoms with E-state index in [0.717, 1.165) is 25.8 Å². The van der Waals surface area contributed by atoms with Crippen LogP contribution in [-0.4, -0.2) is 31.6 Å². The Morgan fingerprint density at radius 3 is 2.94 bits per heavy atom. The Morgan fingerprint density at radius 1 is 1.44 bits per heavy atom. The number of benzene rings is 1. The normalized spacial score (nSPS) is 20.2. The maximum atomic E-state index is 13.1. The van der Waals surface area contributed by atoms with Gasteiger partial charge in [0.2, 0.25) is 0 Å². The predicted octanol–water partition coefficient (Wildman–Crippen LogP) is 2.74. The van der Waals surface area contributed by atoms with Crippen molar-refractivity contribution in [1.82, 2.24) is 10.2 Å². The van der Waals surface area contributed by atoms with Gasteiger partial charge in [0.25, 0.3) is 0 Å². The first-order valence-electron chi connectivity index (χ1n) is 6.75. The largest absolute Gasteiger partial charge is 0.309 e. The van der Waals surface area contributed by atoms with E-state index in [-0.39, 0.29) is 5.82 Å². The van der Waals surface area contributed by atoms with Gasteiger partial charge in [-0.15, -0.1) is 0 Å². The predicted molar refractivity (Wildman–Crippen MR) is 73.2 cm³/mol. The number of nitrogens with one attached hydrogen (secondary N) is 1. The lowest BCUT2D eigenvalue weighted by Crippen LogP contribution is -2.32. The Bertz CT molecular complexity index is 403. The van der Waals surface area contributed by atoms with Gasteiger partial charge in [0.1, 0.15) is 5.82 Å². The first-order valence-corrected chi connectivity index (χ1v) is 6.75. The Hall–Kier alpha value is -0.930. The van der Waals surface area contributed by atoms with Crippen LogP contribution in [0.5, 0.6) is 0 Å². The molecule has 1 N–H and O–H groups in total. The zero-order valence-corrected chi connectivity index (χ0v) is 11.5. The second-order valence-electron chi connectivity index (χ2n) is 5.59. The molecule has 3 heteroatoms. The number of fused-ring (bicyclic) bond motifs is 1. The molecular formula is C15H23FN2. The fraction of sp³-hybridized carbons (Fsp3) is 0.600. The third-order valence-electron chi connectivity index (χ3n) is 3.68. The molecule has 0 aliphatic heterocycles. The quantitative estimate of drug-likeness (QED) is 0.864. The molecule has 1 aromatic carbocycles. The summed E-state index contributed by atoms with van der Waals surface area (Å²) < 4.78 is 13.1. The zero-order chi connectivity index (χ0) is 13.1. The van der Waals surface area contributed by atoms with Crippen LogP contribution >= 0.6 is 0 Å². The topological polar surface area (TPSA) is 15.3 Å². The maximum absolute atomic E-state index is 13.1. The second-order valence-corrected chi connectivity index (χ2v) is 5.59. The van der Waals surface area contributed by atoms with Gasteiger partial charge in [-0.3, -0.25) is 0 Å². The van der Waals surface area contributed by atoms with Gasteiger partial charge >= 0.3 is 0 Å². The Labute approximate surface area is 109 Å². The van der Waals surface area contributed by atoms with Gasteiger partial charge in [0.15, 0.2) is 0 Å². The summed E-state index contributed by atoms with van der Waals surface area (Å²) in [5.41, 5.74) is 2.46. The van der Waals surface area contributed by atoms with E-state index in [2.05, 4.69) is 31.2 Å². The Morgan fingerprint density at radius 2 is 2.22 bits per heavy atom. The molecule has 0 radical (unpaired) electrons. The molecule has 0 saturated heterocycles. The molecule has 1 aliphatic rings. The van der Waals surface area contributed by atoms with Gasteiger partial charge in [0.05, 0.1) is 0 Å². The molecule has 0 bridgehead atoms. The minimum absolute atomic E-state index is 0.116. The van der Waals surface area contributed by atoms with Crippen LogP contribution in [0.4, 0.5) is 4.39 Å². The molecule has 100 valence electrons. The zero-order valence-electron chi connectivity index (χ0n) is 11.5. The van der Waals surface area contributed by atoms with Crippen LogP contribution in [0.2, 0.25) is 0 Å². The molecule has 2 nitrogen and oxygen atoms in total. The van der Waals surface area contributed by atoms with E-state index in [0.29, 0.717) is 12.1 Å². The average Bonchev–Trinajstić information content (AvgIpc) is 2.69. The van der Waals surface area contributed by atoms with Crippen molar-refractivity contribution in [2.45, 2.75) is 38.3 Å². The highest BCUT2D eigenvalue weighted by Gasteiger charge is 2.23. The SMILES string of the molecule is CC(CCN(C)C)NC1CCc2cc(F)ccc21. The third-order valence-corrected chi connectivity index (χ3v) is 3.68. The van der Waals surface area contributed by atoms with E-state index in [1.54, 1.807) is 12.1 Å². The molecule has 2 atom stereocenters. The van der Waals surface area contributed by atoms with Crippen molar-refractivity contribution < 1.29 is 4.39 Å². The highest BCUT2D eigenvalue weighted by molar-refractivity contribution is 5.35. The highest BCUT2D eigenvalue weighted by Crippen LogP contribution is 2.31. The summed E-state index contributed by atoms with van der Waals surface area (Å²) in [6, 6.07) is 6.09. The molecule has 0 spiro atoms. The summed E-state index contributed by atoms with van der Waals surface area (Å²) in [5, 5.41) is 3.66. The number of halogens is 1. The number of hydrogen-bond donors (Lipinski definition) is 1. The first kappa shape index (κ1) is 13.5. The van der Waals surface area contributed by atoms with Crippen molar-refractivity contribution in [3.63, 3.8) is 0 Å². The van der Waals surface area contributed by atoms with Crippen LogP contribution in [0.25, 0.3) is 0 Å². The monoisotopic (exact) mass is 250 g/mol. The van der Waals surface area contributed by atoms with E-state index in [9.17, 15) is 4.39 Å². The average molecular weight is 250 g/mol. The minimum atomic E-state index is -0.116. The fourth-order valence-electron chi connectivity index (χ4n) is 2.64. The van der Waals surface area contributed by atoms with Gasteiger partial charge in [-0.25, -0.2) is 4.39 Å². The summed E-state index contributed by atoms with van der Waals surface area (Å²) in [6.07, 6.45) is 3.22. The summed E-state index contributed by atoms with van der Waals surface area (Å²) in [4.78, 5) is 2.20. The number of nitrogens with zero attached hydrogens (tertiary/aromatic N) is 1. The molecular weight excluding hydrogens is 227 g/mol. The molecule has 1 aromatic rings. The molecule has 0 heterocycles. The third kappa shape index (κ3) is 3.30. The molecule has 0 amide bonds. The van der Waals surface area contributed by atoms with Crippen LogP contribution in [0.15, 0.2) is 18.2 Å². The van der Waals surface area contributed by atoms with Crippen molar-refractivity contribution in [2.75, 3.05) is 20.6 Å². The van der Waals surface area contributed by atoms with Crippen molar-refractivity contribution in [3.05, 3.63) is 35.1 Å². The Kier molecular flexibility index (Phi) is 4.36. The van der Waals surface area contributed by atoms with Gasteiger partial charge in [-0.2, -0.15) is 0 Å². The van der Waals surface area contributed by atoms with Crippen molar-refractivity contribution >= 4 is 0 Å². The fourth-order valence-corrected chi connectivity index (χ4v) is 2.64. The molecule has 2 unspecified atom stereocenters. The molecule has 0 fully saturated rings. The van der Waals surface area contributed by atoms with E-state index in [4.69, 9.17) is 0 Å². The molecule has 0 saturated carbocycles. The minimum Gasteiger partial charge on any atom is -0.309 e. The lowest BCUT2D eigenvalue weighted by atomic mass is 10.1. The van der Waals surface area contributed by atoms with Crippen molar-refractivity contribution in [3.8, 4) is 0 Å². The van der Waals surface area contributed by atoms with Gasteiger partial charge in [-0.05, 0) is 70.1 Å². The second kappa shape index (κ2) is 5.81. The molecule has 2 rings (SSSR count). The maximum Gasteiger partial charge on any atom is 0.123 e. The van der Waals surface area contributed by atoms with Crippen LogP contribution in [0, 0.1) is 5.82 Å². The smallest absolute Gasteiger partial charge is 0.123 e. The van der Waals surface area contributed by atoms with Crippen LogP contribution in [-0.2, 0) is 6.42 Å². The summed E-state index contributed by atoms with van der Waals surface area (Å²) >= 11 is 0. The molecule has 18 heavy (non-hydrogen) atoms. The van der Waals surface area contributed by atoms with Crippen LogP contribution in [0.3, 0.4) is 0 Å². The van der Waals surface area contributed by atoms with E-state index < -0.39 is 0 Å². The standard InChI is InChI=1S/C15H23FN2/c1-11(8-9-18(2)3)17-15-7-4-12-10-13(16)5-6-14(12)15/h5-6,10-11,15,17H,4,7-9H2,1-3H3. The van der Waals surface area contributed by atoms with Gasteiger partial charge in [0, 0.05) is 12.1 Å². The van der Waals surface area contributed by atoms with Gasteiger partial charge < -0.3 is 10.2 Å². The number of rotatable bonds is 5. The lowest BCUT2D eigenvalue weighted by Gasteiger charge is -2.21. The van der Waals surface area contributed by atoms with Crippen molar-refractivity contribution in [2.24, 2.45) is 0 Å². The van der Waals surface area contributed by atoms with E-state index in [1.165, 1.54) is 11.1 Å². The Balaban J connectivity index is 1.93. The molecule has 0 aromatic heterocycles. The van der Waals surface area contributed by atoms with Gasteiger partial charge in [-0.1, -0.05) is 6.07 Å². The first-order chi connectivity index (χ1) is 8.56.